The van der Waals surface area contributed by atoms with E-state index < -0.39 is 0 Å². The molecule has 1 aliphatic carbocycles. The molecule has 0 aromatic heterocycles. The summed E-state index contributed by atoms with van der Waals surface area (Å²) in [4.78, 5) is 0. The standard InChI is InChI=1S/C18H22BrNO/c1-2-13-4-3-6-18(10-13,12-20)11-15-9-16(19)8-14-5-7-21-17(14)15/h8-9,13H,2-7,10-11H2,1H3. The van der Waals surface area contributed by atoms with E-state index in [1.807, 2.05) is 0 Å². The zero-order chi connectivity index (χ0) is 14.9. The second kappa shape index (κ2) is 6.01. The first-order valence-corrected chi connectivity index (χ1v) is 8.80. The molecule has 0 N–H and O–H groups in total. The Labute approximate surface area is 135 Å². The lowest BCUT2D eigenvalue weighted by atomic mass is 9.67. The van der Waals surface area contributed by atoms with Crippen molar-refractivity contribution in [1.82, 2.24) is 0 Å². The van der Waals surface area contributed by atoms with E-state index in [0.717, 1.165) is 42.5 Å². The smallest absolute Gasteiger partial charge is 0.125 e. The van der Waals surface area contributed by atoms with Gasteiger partial charge in [-0.15, -0.1) is 0 Å². The molecule has 0 radical (unpaired) electrons. The SMILES string of the molecule is CCC1CCCC(C#N)(Cc2cc(Br)cc3c2OCC3)C1. The maximum absolute atomic E-state index is 9.83. The number of ether oxygens (including phenoxy) is 1. The van der Waals surface area contributed by atoms with Crippen LogP contribution in [0.4, 0.5) is 0 Å². The van der Waals surface area contributed by atoms with Crippen LogP contribution < -0.4 is 4.74 Å². The normalized spacial score (nSPS) is 27.8. The fraction of sp³-hybridized carbons (Fsp3) is 0.611. The second-order valence-electron chi connectivity index (χ2n) is 6.59. The number of rotatable bonds is 3. The summed E-state index contributed by atoms with van der Waals surface area (Å²) in [5.41, 5.74) is 2.31. The highest BCUT2D eigenvalue weighted by atomic mass is 79.9. The van der Waals surface area contributed by atoms with Crippen molar-refractivity contribution >= 4 is 15.9 Å². The summed E-state index contributed by atoms with van der Waals surface area (Å²) < 4.78 is 6.95. The molecular weight excluding hydrogens is 326 g/mol. The van der Waals surface area contributed by atoms with Gasteiger partial charge in [0.25, 0.3) is 0 Å². The van der Waals surface area contributed by atoms with Crippen molar-refractivity contribution < 1.29 is 4.74 Å². The second-order valence-corrected chi connectivity index (χ2v) is 7.51. The first kappa shape index (κ1) is 14.9. The Morgan fingerprint density at radius 1 is 1.48 bits per heavy atom. The molecule has 1 aromatic carbocycles. The van der Waals surface area contributed by atoms with Crippen LogP contribution in [0.15, 0.2) is 16.6 Å². The van der Waals surface area contributed by atoms with E-state index in [1.54, 1.807) is 0 Å². The van der Waals surface area contributed by atoms with Gasteiger partial charge >= 0.3 is 0 Å². The summed E-state index contributed by atoms with van der Waals surface area (Å²) >= 11 is 3.61. The van der Waals surface area contributed by atoms with E-state index in [9.17, 15) is 5.26 Å². The van der Waals surface area contributed by atoms with Gasteiger partial charge in [0.1, 0.15) is 5.75 Å². The van der Waals surface area contributed by atoms with Gasteiger partial charge < -0.3 is 4.74 Å². The van der Waals surface area contributed by atoms with Gasteiger partial charge in [0.05, 0.1) is 18.1 Å². The van der Waals surface area contributed by atoms with Crippen LogP contribution in [0.3, 0.4) is 0 Å². The van der Waals surface area contributed by atoms with Gasteiger partial charge in [0, 0.05) is 10.9 Å². The molecule has 3 rings (SSSR count). The summed E-state index contributed by atoms with van der Waals surface area (Å²) in [6.07, 6.45) is 7.55. The summed E-state index contributed by atoms with van der Waals surface area (Å²) in [5, 5.41) is 9.83. The molecule has 21 heavy (non-hydrogen) atoms. The van der Waals surface area contributed by atoms with Crippen molar-refractivity contribution in [3.05, 3.63) is 27.7 Å². The van der Waals surface area contributed by atoms with E-state index in [2.05, 4.69) is 41.1 Å². The third-order valence-electron chi connectivity index (χ3n) is 5.12. The van der Waals surface area contributed by atoms with Crippen molar-refractivity contribution in [2.45, 2.75) is 51.9 Å². The Bertz CT molecular complexity index is 577. The van der Waals surface area contributed by atoms with Gasteiger partial charge in [-0.05, 0) is 48.4 Å². The van der Waals surface area contributed by atoms with Gasteiger partial charge in [-0.1, -0.05) is 42.1 Å². The molecule has 2 unspecified atom stereocenters. The average molecular weight is 348 g/mol. The van der Waals surface area contributed by atoms with Crippen LogP contribution in [0, 0.1) is 22.7 Å². The molecule has 112 valence electrons. The molecule has 2 nitrogen and oxygen atoms in total. The van der Waals surface area contributed by atoms with Crippen molar-refractivity contribution in [2.75, 3.05) is 6.61 Å². The number of benzene rings is 1. The lowest BCUT2D eigenvalue weighted by Crippen LogP contribution is -2.29. The average Bonchev–Trinajstić information content (AvgIpc) is 2.95. The van der Waals surface area contributed by atoms with Crippen LogP contribution in [0.1, 0.15) is 50.2 Å². The molecule has 1 fully saturated rings. The molecule has 1 aliphatic heterocycles. The Morgan fingerprint density at radius 2 is 2.33 bits per heavy atom. The number of nitriles is 1. The van der Waals surface area contributed by atoms with Crippen LogP contribution in [0.2, 0.25) is 0 Å². The summed E-state index contributed by atoms with van der Waals surface area (Å²) in [5.74, 6) is 1.76. The van der Waals surface area contributed by atoms with Gasteiger partial charge in [0.2, 0.25) is 0 Å². The van der Waals surface area contributed by atoms with E-state index in [-0.39, 0.29) is 5.41 Å². The van der Waals surface area contributed by atoms with Crippen molar-refractivity contribution in [3.63, 3.8) is 0 Å². The van der Waals surface area contributed by atoms with E-state index in [1.165, 1.54) is 30.4 Å². The summed E-state index contributed by atoms with van der Waals surface area (Å²) in [7, 11) is 0. The Morgan fingerprint density at radius 3 is 3.10 bits per heavy atom. The fourth-order valence-electron chi connectivity index (χ4n) is 3.98. The maximum atomic E-state index is 9.83. The van der Waals surface area contributed by atoms with Crippen LogP contribution in [0.5, 0.6) is 5.75 Å². The van der Waals surface area contributed by atoms with Gasteiger partial charge in [0.15, 0.2) is 0 Å². The number of halogens is 1. The minimum atomic E-state index is -0.195. The highest BCUT2D eigenvalue weighted by Crippen LogP contribution is 2.45. The first-order valence-electron chi connectivity index (χ1n) is 8.01. The van der Waals surface area contributed by atoms with E-state index in [4.69, 9.17) is 4.74 Å². The van der Waals surface area contributed by atoms with Gasteiger partial charge in [-0.25, -0.2) is 0 Å². The number of hydrogen-bond donors (Lipinski definition) is 0. The van der Waals surface area contributed by atoms with E-state index >= 15 is 0 Å². The maximum Gasteiger partial charge on any atom is 0.125 e. The quantitative estimate of drug-likeness (QED) is 0.767. The minimum absolute atomic E-state index is 0.195. The molecule has 0 bridgehead atoms. The van der Waals surface area contributed by atoms with E-state index in [0.29, 0.717) is 5.92 Å². The summed E-state index contributed by atoms with van der Waals surface area (Å²) in [6.45, 7) is 3.02. The van der Waals surface area contributed by atoms with Gasteiger partial charge in [-0.3, -0.25) is 0 Å². The van der Waals surface area contributed by atoms with Crippen molar-refractivity contribution in [3.8, 4) is 11.8 Å². The van der Waals surface area contributed by atoms with Crippen LogP contribution in [0.25, 0.3) is 0 Å². The number of fused-ring (bicyclic) bond motifs is 1. The highest BCUT2D eigenvalue weighted by Gasteiger charge is 2.37. The lowest BCUT2D eigenvalue weighted by molar-refractivity contribution is 0.192. The van der Waals surface area contributed by atoms with Crippen molar-refractivity contribution in [2.24, 2.45) is 11.3 Å². The monoisotopic (exact) mass is 347 g/mol. The van der Waals surface area contributed by atoms with Crippen LogP contribution in [-0.2, 0) is 12.8 Å². The molecule has 2 aliphatic rings. The molecular formula is C18H22BrNO. The fourth-order valence-corrected chi connectivity index (χ4v) is 4.53. The van der Waals surface area contributed by atoms with Crippen molar-refractivity contribution in [1.29, 1.82) is 5.26 Å². The Kier molecular flexibility index (Phi) is 4.26. The van der Waals surface area contributed by atoms with Gasteiger partial charge in [-0.2, -0.15) is 5.26 Å². The van der Waals surface area contributed by atoms with Crippen LogP contribution in [-0.4, -0.2) is 6.61 Å². The topological polar surface area (TPSA) is 33.0 Å². The molecule has 2 atom stereocenters. The number of hydrogen-bond acceptors (Lipinski definition) is 2. The number of nitrogens with zero attached hydrogens (tertiary/aromatic N) is 1. The third kappa shape index (κ3) is 2.97. The molecule has 0 amide bonds. The molecule has 3 heteroatoms. The zero-order valence-electron chi connectivity index (χ0n) is 12.6. The summed E-state index contributed by atoms with van der Waals surface area (Å²) in [6, 6.07) is 6.97. The third-order valence-corrected chi connectivity index (χ3v) is 5.57. The molecule has 1 aromatic rings. The zero-order valence-corrected chi connectivity index (χ0v) is 14.2. The predicted octanol–water partition coefficient (Wildman–Crippen LogP) is 5.04. The Hall–Kier alpha value is -1.01. The van der Waals surface area contributed by atoms with Crippen LogP contribution >= 0.6 is 15.9 Å². The molecule has 1 saturated carbocycles. The molecule has 0 spiro atoms. The molecule has 0 saturated heterocycles. The lowest BCUT2D eigenvalue weighted by Gasteiger charge is -2.36. The first-order chi connectivity index (χ1) is 10.2. The Balaban J connectivity index is 1.90. The largest absolute Gasteiger partial charge is 0.493 e. The predicted molar refractivity (Wildman–Crippen MR) is 87.3 cm³/mol. The minimum Gasteiger partial charge on any atom is -0.493 e. The molecule has 1 heterocycles. The highest BCUT2D eigenvalue weighted by molar-refractivity contribution is 9.10.